The van der Waals surface area contributed by atoms with Crippen molar-refractivity contribution in [3.8, 4) is 11.4 Å². The summed E-state index contributed by atoms with van der Waals surface area (Å²) in [6.07, 6.45) is 0. The van der Waals surface area contributed by atoms with Crippen molar-refractivity contribution in [2.45, 2.75) is 13.8 Å². The lowest BCUT2D eigenvalue weighted by molar-refractivity contribution is 1.17. The first-order chi connectivity index (χ1) is 16.7. The van der Waals surface area contributed by atoms with Crippen LogP contribution < -0.4 is 0 Å². The molecular weight excluding hydrogens is 412 g/mol. The van der Waals surface area contributed by atoms with Crippen LogP contribution in [-0.4, -0.2) is 9.13 Å². The molecule has 0 unspecified atom stereocenters. The Bertz CT molecular complexity index is 1850. The van der Waals surface area contributed by atoms with E-state index in [0.29, 0.717) is 0 Å². The highest BCUT2D eigenvalue weighted by atomic mass is 15.0. The highest BCUT2D eigenvalue weighted by Gasteiger charge is 2.20. The fourth-order valence-corrected chi connectivity index (χ4v) is 5.49. The summed E-state index contributed by atoms with van der Waals surface area (Å²) < 4.78 is 4.85. The van der Waals surface area contributed by atoms with Crippen LogP contribution in [0.2, 0.25) is 0 Å². The lowest BCUT2D eigenvalue weighted by Gasteiger charge is -2.10. The Kier molecular flexibility index (Phi) is 4.01. The molecule has 0 fully saturated rings. The lowest BCUT2D eigenvalue weighted by Crippen LogP contribution is -1.95. The summed E-state index contributed by atoms with van der Waals surface area (Å²) in [5.74, 6) is 0. The van der Waals surface area contributed by atoms with Gasteiger partial charge in [-0.1, -0.05) is 71.8 Å². The average molecular weight is 437 g/mol. The van der Waals surface area contributed by atoms with Gasteiger partial charge in [-0.2, -0.15) is 0 Å². The van der Waals surface area contributed by atoms with Gasteiger partial charge in [-0.25, -0.2) is 0 Å². The molecule has 0 saturated carbocycles. The molecule has 0 radical (unpaired) electrons. The van der Waals surface area contributed by atoms with Crippen molar-refractivity contribution in [3.05, 3.63) is 120 Å². The second-order valence-corrected chi connectivity index (χ2v) is 9.24. The first kappa shape index (κ1) is 19.2. The van der Waals surface area contributed by atoms with E-state index in [4.69, 9.17) is 0 Å². The van der Waals surface area contributed by atoms with Crippen LogP contribution in [0.4, 0.5) is 0 Å². The monoisotopic (exact) mass is 436 g/mol. The fourth-order valence-electron chi connectivity index (χ4n) is 5.49. The zero-order valence-electron chi connectivity index (χ0n) is 19.3. The van der Waals surface area contributed by atoms with Crippen molar-refractivity contribution >= 4 is 43.6 Å². The Hall–Kier alpha value is -4.30. The Labute approximate surface area is 198 Å². The minimum atomic E-state index is 1.19. The predicted octanol–water partition coefficient (Wildman–Crippen LogP) is 8.50. The Morgan fingerprint density at radius 2 is 1.09 bits per heavy atom. The molecule has 0 amide bonds. The van der Waals surface area contributed by atoms with Crippen LogP contribution in [-0.2, 0) is 0 Å². The summed E-state index contributed by atoms with van der Waals surface area (Å²) >= 11 is 0. The van der Waals surface area contributed by atoms with E-state index >= 15 is 0 Å². The van der Waals surface area contributed by atoms with Crippen molar-refractivity contribution in [1.82, 2.24) is 9.13 Å². The molecule has 2 heterocycles. The lowest BCUT2D eigenvalue weighted by atomic mass is 10.1. The summed E-state index contributed by atoms with van der Waals surface area (Å²) in [5, 5.41) is 5.17. The number of aryl methyl sites for hydroxylation is 2. The summed E-state index contributed by atoms with van der Waals surface area (Å²) in [6.45, 7) is 4.31. The summed E-state index contributed by atoms with van der Waals surface area (Å²) in [7, 11) is 0. The highest BCUT2D eigenvalue weighted by Crippen LogP contribution is 2.42. The standard InChI is InChI=1S/C32H24N2/c1-21-12-15-24(16-13-21)33-28-11-7-6-10-26(28)31-30(33)19-17-25-27-20-22(2)14-18-29(27)34(32(25)31)23-8-4-3-5-9-23/h3-20H,1-2H3. The van der Waals surface area contributed by atoms with E-state index in [2.05, 4.69) is 132 Å². The quantitative estimate of drug-likeness (QED) is 0.257. The largest absolute Gasteiger partial charge is 0.309 e. The third kappa shape index (κ3) is 2.63. The van der Waals surface area contributed by atoms with Gasteiger partial charge in [0.1, 0.15) is 0 Å². The van der Waals surface area contributed by atoms with Gasteiger partial charge in [-0.15, -0.1) is 0 Å². The zero-order chi connectivity index (χ0) is 22.8. The summed E-state index contributed by atoms with van der Waals surface area (Å²) in [4.78, 5) is 0. The van der Waals surface area contributed by atoms with E-state index in [1.807, 2.05) is 0 Å². The minimum Gasteiger partial charge on any atom is -0.309 e. The SMILES string of the molecule is Cc1ccc(-n2c3ccccc3c3c2ccc2c4cc(C)ccc4n(-c4ccccc4)c23)cc1. The maximum Gasteiger partial charge on any atom is 0.0641 e. The number of hydrogen-bond donors (Lipinski definition) is 0. The van der Waals surface area contributed by atoms with Gasteiger partial charge in [0.2, 0.25) is 0 Å². The fraction of sp³-hybridized carbons (Fsp3) is 0.0625. The first-order valence-corrected chi connectivity index (χ1v) is 11.8. The van der Waals surface area contributed by atoms with Crippen molar-refractivity contribution in [2.24, 2.45) is 0 Å². The number of rotatable bonds is 2. The number of para-hydroxylation sites is 2. The molecule has 7 rings (SSSR count). The van der Waals surface area contributed by atoms with Crippen molar-refractivity contribution in [2.75, 3.05) is 0 Å². The highest BCUT2D eigenvalue weighted by molar-refractivity contribution is 6.26. The summed E-state index contributed by atoms with van der Waals surface area (Å²) in [6, 6.07) is 39.8. The van der Waals surface area contributed by atoms with Gasteiger partial charge >= 0.3 is 0 Å². The molecular formula is C32H24N2. The molecule has 0 aliphatic rings. The van der Waals surface area contributed by atoms with Crippen LogP contribution in [0.1, 0.15) is 11.1 Å². The molecule has 162 valence electrons. The molecule has 2 heteroatoms. The number of aromatic nitrogens is 2. The Morgan fingerprint density at radius 1 is 0.441 bits per heavy atom. The van der Waals surface area contributed by atoms with Crippen LogP contribution in [0.5, 0.6) is 0 Å². The van der Waals surface area contributed by atoms with E-state index in [0.717, 1.165) is 0 Å². The van der Waals surface area contributed by atoms with E-state index in [-0.39, 0.29) is 0 Å². The van der Waals surface area contributed by atoms with Crippen LogP contribution in [0.15, 0.2) is 109 Å². The number of fused-ring (bicyclic) bond motifs is 7. The molecule has 34 heavy (non-hydrogen) atoms. The molecule has 5 aromatic carbocycles. The second kappa shape index (κ2) is 7.10. The van der Waals surface area contributed by atoms with Gasteiger partial charge in [-0.3, -0.25) is 0 Å². The zero-order valence-corrected chi connectivity index (χ0v) is 19.3. The molecule has 0 aliphatic carbocycles. The average Bonchev–Trinajstić information content (AvgIpc) is 3.38. The molecule has 2 aromatic heterocycles. The van der Waals surface area contributed by atoms with Crippen molar-refractivity contribution in [3.63, 3.8) is 0 Å². The van der Waals surface area contributed by atoms with E-state index in [1.165, 1.54) is 66.1 Å². The van der Waals surface area contributed by atoms with Gasteiger partial charge in [0.05, 0.1) is 22.1 Å². The topological polar surface area (TPSA) is 9.86 Å². The smallest absolute Gasteiger partial charge is 0.0641 e. The number of hydrogen-bond acceptors (Lipinski definition) is 0. The molecule has 0 N–H and O–H groups in total. The maximum absolute atomic E-state index is 2.44. The van der Waals surface area contributed by atoms with Crippen LogP contribution >= 0.6 is 0 Å². The molecule has 2 nitrogen and oxygen atoms in total. The molecule has 0 atom stereocenters. The van der Waals surface area contributed by atoms with Gasteiger partial charge in [0, 0.05) is 32.9 Å². The van der Waals surface area contributed by atoms with Gasteiger partial charge in [0.25, 0.3) is 0 Å². The van der Waals surface area contributed by atoms with Crippen LogP contribution in [0, 0.1) is 13.8 Å². The van der Waals surface area contributed by atoms with E-state index in [1.54, 1.807) is 0 Å². The van der Waals surface area contributed by atoms with Crippen molar-refractivity contribution < 1.29 is 0 Å². The Balaban J connectivity index is 1.75. The third-order valence-corrected chi connectivity index (χ3v) is 7.02. The molecule has 7 aromatic rings. The van der Waals surface area contributed by atoms with E-state index in [9.17, 15) is 0 Å². The maximum atomic E-state index is 2.44. The number of benzene rings is 5. The predicted molar refractivity (Wildman–Crippen MR) is 145 cm³/mol. The Morgan fingerprint density at radius 3 is 1.91 bits per heavy atom. The van der Waals surface area contributed by atoms with E-state index < -0.39 is 0 Å². The third-order valence-electron chi connectivity index (χ3n) is 7.02. The minimum absolute atomic E-state index is 1.19. The molecule has 0 spiro atoms. The van der Waals surface area contributed by atoms with Crippen LogP contribution in [0.3, 0.4) is 0 Å². The van der Waals surface area contributed by atoms with Gasteiger partial charge < -0.3 is 9.13 Å². The normalized spacial score (nSPS) is 11.8. The van der Waals surface area contributed by atoms with Crippen LogP contribution in [0.25, 0.3) is 55.0 Å². The molecule has 0 bridgehead atoms. The van der Waals surface area contributed by atoms with Gasteiger partial charge in [-0.05, 0) is 62.4 Å². The molecule has 0 saturated heterocycles. The van der Waals surface area contributed by atoms with Gasteiger partial charge in [0.15, 0.2) is 0 Å². The summed E-state index contributed by atoms with van der Waals surface area (Å²) in [5.41, 5.74) is 9.90. The van der Waals surface area contributed by atoms with Crippen molar-refractivity contribution in [1.29, 1.82) is 0 Å². The molecule has 0 aliphatic heterocycles. The first-order valence-electron chi connectivity index (χ1n) is 11.8. The second-order valence-electron chi connectivity index (χ2n) is 9.24. The number of nitrogens with zero attached hydrogens (tertiary/aromatic N) is 2.